The lowest BCUT2D eigenvalue weighted by Crippen LogP contribution is -2.46. The van der Waals surface area contributed by atoms with Gasteiger partial charge in [0.2, 0.25) is 5.92 Å². The average molecular weight is 276 g/mol. The van der Waals surface area contributed by atoms with Crippen LogP contribution in [0.5, 0.6) is 0 Å². The van der Waals surface area contributed by atoms with Crippen LogP contribution in [0.2, 0.25) is 0 Å². The van der Waals surface area contributed by atoms with Gasteiger partial charge in [0.1, 0.15) is 0 Å². The van der Waals surface area contributed by atoms with Gasteiger partial charge >= 0.3 is 6.09 Å². The molecule has 0 radical (unpaired) electrons. The predicted octanol–water partition coefficient (Wildman–Crippen LogP) is 2.73. The van der Waals surface area contributed by atoms with E-state index in [1.807, 2.05) is 0 Å². The van der Waals surface area contributed by atoms with Crippen molar-refractivity contribution in [3.63, 3.8) is 0 Å². The van der Waals surface area contributed by atoms with Crippen LogP contribution in [-0.4, -0.2) is 35.2 Å². The highest BCUT2D eigenvalue weighted by Gasteiger charge is 2.35. The van der Waals surface area contributed by atoms with Crippen LogP contribution in [0.15, 0.2) is 0 Å². The lowest BCUT2D eigenvalue weighted by atomic mass is 9.87. The smallest absolute Gasteiger partial charge is 0.404 e. The fraction of sp³-hybridized carbons (Fsp3) is 0.923. The summed E-state index contributed by atoms with van der Waals surface area (Å²) < 4.78 is 26.1. The second-order valence-corrected chi connectivity index (χ2v) is 5.79. The third-order valence-electron chi connectivity index (χ3n) is 4.24. The summed E-state index contributed by atoms with van der Waals surface area (Å²) in [4.78, 5) is 10.5. The Kier molecular flexibility index (Phi) is 4.60. The summed E-state index contributed by atoms with van der Waals surface area (Å²) >= 11 is 0. The molecule has 3 N–H and O–H groups in total. The molecule has 19 heavy (non-hydrogen) atoms. The molecule has 0 unspecified atom stereocenters. The molecule has 0 atom stereocenters. The van der Waals surface area contributed by atoms with Gasteiger partial charge in [-0.3, -0.25) is 0 Å². The molecule has 0 bridgehead atoms. The van der Waals surface area contributed by atoms with Gasteiger partial charge in [0.25, 0.3) is 0 Å². The zero-order chi connectivity index (χ0) is 13.9. The van der Waals surface area contributed by atoms with Gasteiger partial charge in [-0.25, -0.2) is 13.6 Å². The first-order chi connectivity index (χ1) is 8.94. The maximum absolute atomic E-state index is 13.0. The van der Waals surface area contributed by atoms with Gasteiger partial charge in [0.05, 0.1) is 0 Å². The van der Waals surface area contributed by atoms with Crippen molar-refractivity contribution in [1.29, 1.82) is 0 Å². The van der Waals surface area contributed by atoms with E-state index in [2.05, 4.69) is 10.6 Å². The molecular formula is C13H22F2N2O2. The molecule has 2 aliphatic rings. The quantitative estimate of drug-likeness (QED) is 0.742. The van der Waals surface area contributed by atoms with Crippen molar-refractivity contribution in [2.24, 2.45) is 0 Å². The van der Waals surface area contributed by atoms with Crippen molar-refractivity contribution in [1.82, 2.24) is 10.6 Å². The summed E-state index contributed by atoms with van der Waals surface area (Å²) in [6.45, 7) is 0. The number of amides is 1. The van der Waals surface area contributed by atoms with Gasteiger partial charge < -0.3 is 15.7 Å². The van der Waals surface area contributed by atoms with Crippen LogP contribution in [0.3, 0.4) is 0 Å². The molecule has 0 heterocycles. The minimum Gasteiger partial charge on any atom is -0.465 e. The molecule has 0 aromatic carbocycles. The second-order valence-electron chi connectivity index (χ2n) is 5.79. The first-order valence-corrected chi connectivity index (χ1v) is 7.08. The van der Waals surface area contributed by atoms with Gasteiger partial charge in [0.15, 0.2) is 0 Å². The fourth-order valence-electron chi connectivity index (χ4n) is 3.12. The molecule has 110 valence electrons. The van der Waals surface area contributed by atoms with Crippen molar-refractivity contribution in [3.05, 3.63) is 0 Å². The van der Waals surface area contributed by atoms with E-state index in [-0.39, 0.29) is 24.9 Å². The molecule has 0 aliphatic heterocycles. The number of nitrogens with one attached hydrogen (secondary N) is 2. The molecule has 0 saturated heterocycles. The van der Waals surface area contributed by atoms with Crippen LogP contribution >= 0.6 is 0 Å². The normalized spacial score (nSPS) is 31.9. The molecule has 2 saturated carbocycles. The van der Waals surface area contributed by atoms with Crippen molar-refractivity contribution >= 4 is 6.09 Å². The first-order valence-electron chi connectivity index (χ1n) is 7.08. The van der Waals surface area contributed by atoms with E-state index in [0.717, 1.165) is 25.7 Å². The SMILES string of the molecule is O=C(O)NC1CCC(NC2CCC(F)(F)CC2)CC1. The number of alkyl halides is 2. The van der Waals surface area contributed by atoms with E-state index in [4.69, 9.17) is 5.11 Å². The van der Waals surface area contributed by atoms with Gasteiger partial charge in [-0.2, -0.15) is 0 Å². The Balaban J connectivity index is 1.67. The summed E-state index contributed by atoms with van der Waals surface area (Å²) in [5.74, 6) is -2.47. The van der Waals surface area contributed by atoms with Crippen LogP contribution in [-0.2, 0) is 0 Å². The average Bonchev–Trinajstić information content (AvgIpc) is 2.34. The molecule has 0 aromatic rings. The van der Waals surface area contributed by atoms with Crippen LogP contribution in [0, 0.1) is 0 Å². The maximum atomic E-state index is 13.0. The van der Waals surface area contributed by atoms with E-state index in [0.29, 0.717) is 18.9 Å². The van der Waals surface area contributed by atoms with E-state index < -0.39 is 12.0 Å². The Morgan fingerprint density at radius 1 is 0.947 bits per heavy atom. The molecule has 2 aliphatic carbocycles. The number of hydrogen-bond acceptors (Lipinski definition) is 2. The highest BCUT2D eigenvalue weighted by molar-refractivity contribution is 5.64. The van der Waals surface area contributed by atoms with Crippen molar-refractivity contribution in [2.75, 3.05) is 0 Å². The van der Waals surface area contributed by atoms with E-state index >= 15 is 0 Å². The zero-order valence-electron chi connectivity index (χ0n) is 11.0. The summed E-state index contributed by atoms with van der Waals surface area (Å²) in [5.41, 5.74) is 0. The molecule has 1 amide bonds. The minimum atomic E-state index is -2.47. The maximum Gasteiger partial charge on any atom is 0.404 e. The Hall–Kier alpha value is -0.910. The summed E-state index contributed by atoms with van der Waals surface area (Å²) in [6.07, 6.45) is 3.57. The largest absolute Gasteiger partial charge is 0.465 e. The molecule has 2 rings (SSSR count). The fourth-order valence-corrected chi connectivity index (χ4v) is 3.12. The third-order valence-corrected chi connectivity index (χ3v) is 4.24. The minimum absolute atomic E-state index is 0.0133. The lowest BCUT2D eigenvalue weighted by molar-refractivity contribution is -0.0415. The van der Waals surface area contributed by atoms with Crippen molar-refractivity contribution in [3.8, 4) is 0 Å². The first kappa shape index (κ1) is 14.5. The van der Waals surface area contributed by atoms with Gasteiger partial charge in [-0.05, 0) is 38.5 Å². The van der Waals surface area contributed by atoms with Crippen molar-refractivity contribution in [2.45, 2.75) is 75.4 Å². The number of hydrogen-bond donors (Lipinski definition) is 3. The Labute approximate surface area is 111 Å². The molecule has 6 heteroatoms. The zero-order valence-corrected chi connectivity index (χ0v) is 11.0. The Bertz CT molecular complexity index is 308. The van der Waals surface area contributed by atoms with Crippen molar-refractivity contribution < 1.29 is 18.7 Å². The van der Waals surface area contributed by atoms with Crippen LogP contribution in [0.4, 0.5) is 13.6 Å². The molecule has 0 aromatic heterocycles. The Morgan fingerprint density at radius 3 is 1.95 bits per heavy atom. The predicted molar refractivity (Wildman–Crippen MR) is 67.5 cm³/mol. The summed E-state index contributed by atoms with van der Waals surface area (Å²) in [7, 11) is 0. The van der Waals surface area contributed by atoms with E-state index in [1.165, 1.54) is 0 Å². The summed E-state index contributed by atoms with van der Waals surface area (Å²) in [6, 6.07) is 0.600. The molecular weight excluding hydrogens is 254 g/mol. The van der Waals surface area contributed by atoms with Crippen LogP contribution in [0.25, 0.3) is 0 Å². The number of carbonyl (C=O) groups is 1. The standard InChI is InChI=1S/C13H22F2N2O2/c14-13(15)7-5-11(6-8-13)16-9-1-3-10(4-2-9)17-12(18)19/h9-11,16-17H,1-8H2,(H,18,19). The number of rotatable bonds is 3. The van der Waals surface area contributed by atoms with Gasteiger partial charge in [0, 0.05) is 31.0 Å². The third kappa shape index (κ3) is 4.60. The Morgan fingerprint density at radius 2 is 1.42 bits per heavy atom. The monoisotopic (exact) mass is 276 g/mol. The number of halogens is 2. The van der Waals surface area contributed by atoms with E-state index in [9.17, 15) is 13.6 Å². The van der Waals surface area contributed by atoms with Crippen LogP contribution < -0.4 is 10.6 Å². The molecule has 2 fully saturated rings. The highest BCUT2D eigenvalue weighted by Crippen LogP contribution is 2.33. The van der Waals surface area contributed by atoms with Crippen LogP contribution in [0.1, 0.15) is 51.4 Å². The highest BCUT2D eigenvalue weighted by atomic mass is 19.3. The van der Waals surface area contributed by atoms with E-state index in [1.54, 1.807) is 0 Å². The number of carboxylic acid groups (broad SMARTS) is 1. The topological polar surface area (TPSA) is 61.4 Å². The molecule has 0 spiro atoms. The van der Waals surface area contributed by atoms with Gasteiger partial charge in [-0.15, -0.1) is 0 Å². The lowest BCUT2D eigenvalue weighted by Gasteiger charge is -2.35. The molecule has 4 nitrogen and oxygen atoms in total. The van der Waals surface area contributed by atoms with Gasteiger partial charge in [-0.1, -0.05) is 0 Å². The second kappa shape index (κ2) is 6.03. The summed E-state index contributed by atoms with van der Waals surface area (Å²) in [5, 5.41) is 14.6.